The lowest BCUT2D eigenvalue weighted by molar-refractivity contribution is -0.117. The molecule has 1 N–H and O–H groups in total. The number of nitriles is 1. The van der Waals surface area contributed by atoms with Crippen LogP contribution in [0.25, 0.3) is 5.69 Å². The number of allylic oxidation sites excluding steroid dienone is 2. The number of imidazole rings is 1. The maximum atomic E-state index is 12.2. The summed E-state index contributed by atoms with van der Waals surface area (Å²) in [6.45, 7) is 2.12. The molecule has 5 heteroatoms. The number of ketones is 1. The average molecular weight is 347 g/mol. The monoisotopic (exact) mass is 347 g/mol. The van der Waals surface area contributed by atoms with Crippen LogP contribution >= 0.6 is 0 Å². The molecule has 26 heavy (non-hydrogen) atoms. The lowest BCUT2D eigenvalue weighted by Crippen LogP contribution is -2.40. The van der Waals surface area contributed by atoms with Gasteiger partial charge in [-0.25, -0.2) is 4.98 Å². The third-order valence-electron chi connectivity index (χ3n) is 5.78. The SMILES string of the molecule is CC12C=C(C#N)C(=O)CC1CCc1c2nc(CCO)n1-c1ccccc1. The molecule has 132 valence electrons. The summed E-state index contributed by atoms with van der Waals surface area (Å²) in [4.78, 5) is 17.1. The van der Waals surface area contributed by atoms with Gasteiger partial charge in [0.2, 0.25) is 0 Å². The lowest BCUT2D eigenvalue weighted by atomic mass is 9.62. The van der Waals surface area contributed by atoms with E-state index in [0.717, 1.165) is 35.7 Å². The molecule has 5 nitrogen and oxygen atoms in total. The molecule has 2 atom stereocenters. The number of carbonyl (C=O) groups excluding carboxylic acids is 1. The third kappa shape index (κ3) is 2.41. The fraction of sp³-hybridized carbons (Fsp3) is 0.381. The second kappa shape index (κ2) is 6.22. The predicted molar refractivity (Wildman–Crippen MR) is 96.8 cm³/mol. The molecule has 0 amide bonds. The number of aromatic nitrogens is 2. The van der Waals surface area contributed by atoms with Gasteiger partial charge in [-0.3, -0.25) is 4.79 Å². The van der Waals surface area contributed by atoms with Gasteiger partial charge in [0.15, 0.2) is 5.78 Å². The van der Waals surface area contributed by atoms with E-state index >= 15 is 0 Å². The Labute approximate surface area is 152 Å². The van der Waals surface area contributed by atoms with E-state index in [1.807, 2.05) is 36.4 Å². The quantitative estimate of drug-likeness (QED) is 0.926. The highest BCUT2D eigenvalue weighted by Crippen LogP contribution is 2.47. The predicted octanol–water partition coefficient (Wildman–Crippen LogP) is 2.65. The summed E-state index contributed by atoms with van der Waals surface area (Å²) in [5.41, 5.74) is 2.93. The number of aliphatic hydroxyl groups excluding tert-OH is 1. The molecule has 0 fully saturated rings. The highest BCUT2D eigenvalue weighted by molar-refractivity contribution is 6.00. The van der Waals surface area contributed by atoms with Crippen LogP contribution in [0.5, 0.6) is 0 Å². The van der Waals surface area contributed by atoms with Gasteiger partial charge in [-0.05, 0) is 30.9 Å². The zero-order valence-electron chi connectivity index (χ0n) is 14.8. The van der Waals surface area contributed by atoms with Crippen LogP contribution < -0.4 is 0 Å². The maximum Gasteiger partial charge on any atom is 0.173 e. The molecule has 1 aromatic carbocycles. The van der Waals surface area contributed by atoms with Crippen LogP contribution in [0, 0.1) is 17.2 Å². The van der Waals surface area contributed by atoms with Crippen LogP contribution in [0.4, 0.5) is 0 Å². The summed E-state index contributed by atoms with van der Waals surface area (Å²) >= 11 is 0. The lowest BCUT2D eigenvalue weighted by Gasteiger charge is -2.41. The number of rotatable bonds is 3. The number of fused-ring (bicyclic) bond motifs is 3. The molecule has 0 aliphatic heterocycles. The zero-order chi connectivity index (χ0) is 18.3. The molecule has 0 saturated carbocycles. The van der Waals surface area contributed by atoms with Crippen molar-refractivity contribution in [2.45, 2.75) is 38.0 Å². The minimum Gasteiger partial charge on any atom is -0.396 e. The molecule has 2 aliphatic rings. The largest absolute Gasteiger partial charge is 0.396 e. The first-order valence-electron chi connectivity index (χ1n) is 9.02. The van der Waals surface area contributed by atoms with Crippen molar-refractivity contribution in [1.29, 1.82) is 5.26 Å². The molecule has 0 radical (unpaired) electrons. The van der Waals surface area contributed by atoms with Crippen LogP contribution in [0.2, 0.25) is 0 Å². The topological polar surface area (TPSA) is 78.9 Å². The summed E-state index contributed by atoms with van der Waals surface area (Å²) in [7, 11) is 0. The van der Waals surface area contributed by atoms with Gasteiger partial charge in [-0.15, -0.1) is 0 Å². The van der Waals surface area contributed by atoms with Gasteiger partial charge in [0, 0.05) is 29.6 Å². The molecule has 0 spiro atoms. The van der Waals surface area contributed by atoms with Crippen LogP contribution in [0.1, 0.15) is 37.0 Å². The van der Waals surface area contributed by atoms with Crippen molar-refractivity contribution < 1.29 is 9.90 Å². The molecule has 0 bridgehead atoms. The summed E-state index contributed by atoms with van der Waals surface area (Å²) < 4.78 is 2.14. The summed E-state index contributed by atoms with van der Waals surface area (Å²) in [6, 6.07) is 12.1. The van der Waals surface area contributed by atoms with Crippen LogP contribution in [-0.2, 0) is 23.1 Å². The smallest absolute Gasteiger partial charge is 0.173 e. The van der Waals surface area contributed by atoms with Gasteiger partial charge in [0.25, 0.3) is 0 Å². The number of hydrogen-bond acceptors (Lipinski definition) is 4. The van der Waals surface area contributed by atoms with Crippen molar-refractivity contribution in [3.63, 3.8) is 0 Å². The van der Waals surface area contributed by atoms with E-state index in [9.17, 15) is 15.2 Å². The number of benzene rings is 1. The molecule has 1 aromatic heterocycles. The van der Waals surface area contributed by atoms with E-state index in [4.69, 9.17) is 4.98 Å². The van der Waals surface area contributed by atoms with Gasteiger partial charge in [-0.1, -0.05) is 31.2 Å². The fourth-order valence-corrected chi connectivity index (χ4v) is 4.43. The normalized spacial score (nSPS) is 24.4. The maximum absolute atomic E-state index is 12.2. The van der Waals surface area contributed by atoms with E-state index in [-0.39, 0.29) is 23.9 Å². The van der Waals surface area contributed by atoms with Crippen molar-refractivity contribution in [2.75, 3.05) is 6.61 Å². The Kier molecular flexibility index (Phi) is 4.01. The minimum atomic E-state index is -0.420. The second-order valence-corrected chi connectivity index (χ2v) is 7.28. The van der Waals surface area contributed by atoms with Crippen molar-refractivity contribution in [2.24, 2.45) is 5.92 Å². The van der Waals surface area contributed by atoms with Gasteiger partial charge in [0.05, 0.1) is 17.9 Å². The van der Waals surface area contributed by atoms with Crippen LogP contribution in [0.15, 0.2) is 42.0 Å². The van der Waals surface area contributed by atoms with Gasteiger partial charge < -0.3 is 9.67 Å². The van der Waals surface area contributed by atoms with E-state index < -0.39 is 5.41 Å². The molecular weight excluding hydrogens is 326 g/mol. The Morgan fingerprint density at radius 1 is 1.38 bits per heavy atom. The van der Waals surface area contributed by atoms with E-state index in [1.54, 1.807) is 0 Å². The second-order valence-electron chi connectivity index (χ2n) is 7.28. The number of para-hydroxylation sites is 1. The summed E-state index contributed by atoms with van der Waals surface area (Å²) in [5, 5.41) is 18.8. The first-order chi connectivity index (χ1) is 12.6. The van der Waals surface area contributed by atoms with Crippen LogP contribution in [-0.4, -0.2) is 27.0 Å². The average Bonchev–Trinajstić information content (AvgIpc) is 3.02. The van der Waals surface area contributed by atoms with E-state index in [1.165, 1.54) is 0 Å². The first kappa shape index (κ1) is 16.7. The van der Waals surface area contributed by atoms with Gasteiger partial charge in [-0.2, -0.15) is 5.26 Å². The highest BCUT2D eigenvalue weighted by Gasteiger charge is 2.46. The fourth-order valence-electron chi connectivity index (χ4n) is 4.43. The third-order valence-corrected chi connectivity index (χ3v) is 5.78. The minimum absolute atomic E-state index is 0.0284. The Bertz CT molecular complexity index is 936. The zero-order valence-corrected chi connectivity index (χ0v) is 14.8. The van der Waals surface area contributed by atoms with Crippen molar-refractivity contribution in [3.8, 4) is 11.8 Å². The number of carbonyl (C=O) groups is 1. The Hall–Kier alpha value is -2.71. The molecule has 2 unspecified atom stereocenters. The molecule has 2 aromatic rings. The Morgan fingerprint density at radius 2 is 2.15 bits per heavy atom. The molecule has 4 rings (SSSR count). The number of aliphatic hydroxyl groups is 1. The molecule has 0 saturated heterocycles. The first-order valence-corrected chi connectivity index (χ1v) is 9.02. The van der Waals surface area contributed by atoms with E-state index in [0.29, 0.717) is 12.8 Å². The van der Waals surface area contributed by atoms with Gasteiger partial charge >= 0.3 is 0 Å². The number of hydrogen-bond donors (Lipinski definition) is 1. The van der Waals surface area contributed by atoms with Crippen molar-refractivity contribution >= 4 is 5.78 Å². The number of nitrogens with zero attached hydrogens (tertiary/aromatic N) is 3. The standard InChI is InChI=1S/C21H21N3O2/c1-21-12-14(13-22)18(26)11-15(21)7-8-17-20(21)23-19(9-10-25)24(17)16-5-3-2-4-6-16/h2-6,12,15,25H,7-11H2,1H3. The number of Topliss-reactive ketones (excluding diaryl/α,β-unsaturated/α-hetero) is 1. The summed E-state index contributed by atoms with van der Waals surface area (Å²) in [5.74, 6) is 0.937. The van der Waals surface area contributed by atoms with Crippen molar-refractivity contribution in [1.82, 2.24) is 9.55 Å². The van der Waals surface area contributed by atoms with Crippen molar-refractivity contribution in [3.05, 3.63) is 59.2 Å². The highest BCUT2D eigenvalue weighted by atomic mass is 16.3. The Morgan fingerprint density at radius 3 is 2.85 bits per heavy atom. The Balaban J connectivity index is 1.94. The van der Waals surface area contributed by atoms with E-state index in [2.05, 4.69) is 17.6 Å². The molecule has 2 aliphatic carbocycles. The van der Waals surface area contributed by atoms with Crippen LogP contribution in [0.3, 0.4) is 0 Å². The molecular formula is C21H21N3O2. The van der Waals surface area contributed by atoms with Gasteiger partial charge in [0.1, 0.15) is 11.9 Å². The molecule has 1 heterocycles. The summed E-state index contributed by atoms with van der Waals surface area (Å²) in [6.07, 6.45) is 4.43.